The Hall–Kier alpha value is 0.0969. The largest absolute Gasteiger partial charge is 0.413 e. The Bertz CT molecular complexity index is 152. The Morgan fingerprint density at radius 3 is 2.62 bits per heavy atom. The van der Waals surface area contributed by atoms with Gasteiger partial charge in [-0.25, -0.2) is 0 Å². The maximum absolute atomic E-state index is 5.95. The molecule has 1 heterocycles. The lowest BCUT2D eigenvalue weighted by atomic mass is 10.2. The average molecular weight is 203 g/mol. The van der Waals surface area contributed by atoms with E-state index in [1.54, 1.807) is 0 Å². The second-order valence-corrected chi connectivity index (χ2v) is 6.94. The third-order valence-corrected chi connectivity index (χ3v) is 4.57. The summed E-state index contributed by atoms with van der Waals surface area (Å²) in [5.74, 6) is 0. The molecule has 0 amide bonds. The zero-order valence-corrected chi connectivity index (χ0v) is 10.2. The lowest BCUT2D eigenvalue weighted by Crippen LogP contribution is -2.49. The van der Waals surface area contributed by atoms with Crippen LogP contribution < -0.4 is 5.32 Å². The van der Waals surface area contributed by atoms with Crippen molar-refractivity contribution in [1.29, 1.82) is 0 Å². The van der Waals surface area contributed by atoms with E-state index in [9.17, 15) is 0 Å². The molecule has 0 aliphatic carbocycles. The van der Waals surface area contributed by atoms with Crippen molar-refractivity contribution in [3.8, 4) is 0 Å². The fraction of sp³-hybridized carbons (Fsp3) is 1.00. The Morgan fingerprint density at radius 1 is 1.46 bits per heavy atom. The topological polar surface area (TPSA) is 30.5 Å². The van der Waals surface area contributed by atoms with Gasteiger partial charge in [0.25, 0.3) is 0 Å². The van der Waals surface area contributed by atoms with Gasteiger partial charge in [0.05, 0.1) is 12.3 Å². The van der Waals surface area contributed by atoms with Gasteiger partial charge in [0.1, 0.15) is 0 Å². The van der Waals surface area contributed by atoms with Crippen LogP contribution in [0.25, 0.3) is 0 Å². The van der Waals surface area contributed by atoms with E-state index in [1.165, 1.54) is 0 Å². The molecular formula is C9H21NO2Si. The fourth-order valence-electron chi connectivity index (χ4n) is 1.52. The summed E-state index contributed by atoms with van der Waals surface area (Å²) in [4.78, 5) is 0. The summed E-state index contributed by atoms with van der Waals surface area (Å²) >= 11 is 0. The second kappa shape index (κ2) is 4.55. The van der Waals surface area contributed by atoms with E-state index in [2.05, 4.69) is 32.6 Å². The van der Waals surface area contributed by atoms with Crippen LogP contribution in [-0.4, -0.2) is 40.1 Å². The third-order valence-electron chi connectivity index (χ3n) is 2.02. The molecule has 13 heavy (non-hydrogen) atoms. The van der Waals surface area contributed by atoms with Crippen LogP contribution >= 0.6 is 0 Å². The van der Waals surface area contributed by atoms with Crippen molar-refractivity contribution in [1.82, 2.24) is 5.32 Å². The molecule has 4 heteroatoms. The fourth-order valence-corrected chi connectivity index (χ4v) is 3.69. The maximum atomic E-state index is 5.95. The van der Waals surface area contributed by atoms with Gasteiger partial charge in [-0.2, -0.15) is 0 Å². The number of nitrogens with one attached hydrogen (secondary N) is 1. The van der Waals surface area contributed by atoms with Crippen LogP contribution in [0.5, 0.6) is 0 Å². The van der Waals surface area contributed by atoms with Gasteiger partial charge in [-0.15, -0.1) is 0 Å². The molecule has 1 rings (SSSR count). The first-order valence-corrected chi connectivity index (χ1v) is 7.28. The minimum absolute atomic E-state index is 0.0214. The van der Waals surface area contributed by atoms with Crippen molar-refractivity contribution >= 4 is 9.04 Å². The van der Waals surface area contributed by atoms with Crippen LogP contribution in [0.1, 0.15) is 20.8 Å². The molecule has 2 unspecified atom stereocenters. The Balaban J connectivity index is 2.33. The summed E-state index contributed by atoms with van der Waals surface area (Å²) < 4.78 is 11.6. The predicted octanol–water partition coefficient (Wildman–Crippen LogP) is 0.683. The lowest BCUT2D eigenvalue weighted by molar-refractivity contribution is 0.0439. The van der Waals surface area contributed by atoms with Crippen LogP contribution in [0.15, 0.2) is 0 Å². The molecule has 0 spiro atoms. The van der Waals surface area contributed by atoms with E-state index >= 15 is 0 Å². The van der Waals surface area contributed by atoms with Crippen molar-refractivity contribution in [2.75, 3.05) is 19.7 Å². The quantitative estimate of drug-likeness (QED) is 0.670. The van der Waals surface area contributed by atoms with E-state index in [1.807, 2.05) is 0 Å². The number of hydrogen-bond acceptors (Lipinski definition) is 3. The molecule has 78 valence electrons. The van der Waals surface area contributed by atoms with Crippen LogP contribution in [0.2, 0.25) is 6.55 Å². The molecule has 0 aromatic carbocycles. The van der Waals surface area contributed by atoms with Gasteiger partial charge in [0.15, 0.2) is 0 Å². The number of rotatable bonds is 2. The molecule has 1 aliphatic heterocycles. The normalized spacial score (nSPS) is 27.2. The first-order chi connectivity index (χ1) is 5.99. The average Bonchev–Trinajstić information content (AvgIpc) is 2.03. The second-order valence-electron chi connectivity index (χ2n) is 4.55. The molecule has 2 atom stereocenters. The monoisotopic (exact) mass is 203 g/mol. The van der Waals surface area contributed by atoms with Gasteiger partial charge in [-0.3, -0.25) is 0 Å². The zero-order chi connectivity index (χ0) is 9.90. The minimum atomic E-state index is -1.19. The van der Waals surface area contributed by atoms with Gasteiger partial charge in [-0.05, 0) is 27.3 Å². The standard InChI is InChI=1S/C9H21NO2Si/c1-9(2,3)12-13(4)8-7-10-5-6-11-8/h8,10,13H,5-7H2,1-4H3. The summed E-state index contributed by atoms with van der Waals surface area (Å²) in [6.45, 7) is 11.3. The molecule has 3 nitrogen and oxygen atoms in total. The first-order valence-electron chi connectivity index (χ1n) is 4.99. The summed E-state index contributed by atoms with van der Waals surface area (Å²) in [5.41, 5.74) is 0.319. The van der Waals surface area contributed by atoms with Gasteiger partial charge in [0.2, 0.25) is 9.04 Å². The Morgan fingerprint density at radius 2 is 2.15 bits per heavy atom. The van der Waals surface area contributed by atoms with Crippen molar-refractivity contribution in [2.45, 2.75) is 38.6 Å². The van der Waals surface area contributed by atoms with Crippen molar-refractivity contribution in [3.63, 3.8) is 0 Å². The number of hydrogen-bond donors (Lipinski definition) is 1. The molecule has 1 aliphatic rings. The van der Waals surface area contributed by atoms with Crippen LogP contribution in [-0.2, 0) is 9.16 Å². The van der Waals surface area contributed by atoms with Crippen molar-refractivity contribution < 1.29 is 9.16 Å². The van der Waals surface area contributed by atoms with Crippen molar-refractivity contribution in [2.24, 2.45) is 0 Å². The zero-order valence-electron chi connectivity index (χ0n) is 9.09. The molecule has 0 aromatic rings. The van der Waals surface area contributed by atoms with Gasteiger partial charge in [0, 0.05) is 18.7 Å². The van der Waals surface area contributed by atoms with E-state index < -0.39 is 9.04 Å². The van der Waals surface area contributed by atoms with Crippen LogP contribution in [0, 0.1) is 0 Å². The lowest BCUT2D eigenvalue weighted by Gasteiger charge is -2.32. The molecule has 1 N–H and O–H groups in total. The minimum Gasteiger partial charge on any atom is -0.413 e. The van der Waals surface area contributed by atoms with E-state index in [0.717, 1.165) is 19.7 Å². The highest BCUT2D eigenvalue weighted by atomic mass is 28.3. The van der Waals surface area contributed by atoms with E-state index in [4.69, 9.17) is 9.16 Å². The third kappa shape index (κ3) is 4.22. The highest BCUT2D eigenvalue weighted by Gasteiger charge is 2.26. The predicted molar refractivity (Wildman–Crippen MR) is 56.5 cm³/mol. The molecule has 0 saturated carbocycles. The van der Waals surface area contributed by atoms with E-state index in [-0.39, 0.29) is 5.60 Å². The summed E-state index contributed by atoms with van der Waals surface area (Å²) in [6.07, 6.45) is 0. The molecule has 0 aromatic heterocycles. The Kier molecular flexibility index (Phi) is 3.91. The molecule has 0 radical (unpaired) electrons. The summed E-state index contributed by atoms with van der Waals surface area (Å²) in [7, 11) is -1.19. The molecular weight excluding hydrogens is 182 g/mol. The van der Waals surface area contributed by atoms with Crippen LogP contribution in [0.4, 0.5) is 0 Å². The highest BCUT2D eigenvalue weighted by molar-refractivity contribution is 6.52. The molecule has 0 bridgehead atoms. The first kappa shape index (κ1) is 11.2. The Labute approximate surface area is 82.5 Å². The number of ether oxygens (including phenoxy) is 1. The van der Waals surface area contributed by atoms with Crippen LogP contribution in [0.3, 0.4) is 0 Å². The van der Waals surface area contributed by atoms with Gasteiger partial charge >= 0.3 is 0 Å². The number of morpholine rings is 1. The summed E-state index contributed by atoms with van der Waals surface area (Å²) in [6, 6.07) is 0. The van der Waals surface area contributed by atoms with Gasteiger partial charge < -0.3 is 14.5 Å². The van der Waals surface area contributed by atoms with Crippen molar-refractivity contribution in [3.05, 3.63) is 0 Å². The molecule has 1 fully saturated rings. The maximum Gasteiger partial charge on any atom is 0.204 e. The molecule has 1 saturated heterocycles. The highest BCUT2D eigenvalue weighted by Crippen LogP contribution is 2.12. The van der Waals surface area contributed by atoms with E-state index in [0.29, 0.717) is 5.73 Å². The smallest absolute Gasteiger partial charge is 0.204 e. The summed E-state index contributed by atoms with van der Waals surface area (Å²) in [5, 5.41) is 3.33. The SMILES string of the molecule is C[SiH](OC(C)(C)C)C1CNCCO1. The van der Waals surface area contributed by atoms with Gasteiger partial charge in [-0.1, -0.05) is 0 Å².